The molecule has 2 N–H and O–H groups in total. The summed E-state index contributed by atoms with van der Waals surface area (Å²) < 4.78 is 12.7. The van der Waals surface area contributed by atoms with E-state index in [1.165, 1.54) is 5.56 Å². The summed E-state index contributed by atoms with van der Waals surface area (Å²) in [6.45, 7) is 5.64. The van der Waals surface area contributed by atoms with Gasteiger partial charge in [0.15, 0.2) is 11.5 Å². The number of benzene rings is 1. The highest BCUT2D eigenvalue weighted by atomic mass is 79.9. The number of ether oxygens (including phenoxy) is 2. The van der Waals surface area contributed by atoms with Crippen molar-refractivity contribution in [3.05, 3.63) is 22.2 Å². The third kappa shape index (κ3) is 2.43. The topological polar surface area (TPSA) is 47.7 Å². The van der Waals surface area contributed by atoms with Gasteiger partial charge >= 0.3 is 0 Å². The van der Waals surface area contributed by atoms with E-state index in [0.29, 0.717) is 12.0 Å². The van der Waals surface area contributed by atoms with E-state index in [1.807, 2.05) is 19.9 Å². The molecule has 0 radical (unpaired) electrons. The van der Waals surface area contributed by atoms with E-state index in [9.17, 15) is 0 Å². The van der Waals surface area contributed by atoms with Crippen molar-refractivity contribution in [3.8, 4) is 11.5 Å². The van der Waals surface area contributed by atoms with Crippen LogP contribution in [-0.4, -0.2) is 30.8 Å². The second-order valence-corrected chi connectivity index (χ2v) is 7.07. The predicted molar refractivity (Wildman–Crippen MR) is 82.0 cm³/mol. The second kappa shape index (κ2) is 4.90. The molecule has 2 unspecified atom stereocenters. The van der Waals surface area contributed by atoms with Gasteiger partial charge in [-0.15, -0.1) is 0 Å². The zero-order valence-electron chi connectivity index (χ0n) is 12.1. The molecule has 2 aliphatic rings. The standard InChI is InChI=1S/C15H21BrN2O2/c1-15(2)19-13-5-10(11(16)6-14(13)20-15)12-4-9(7-17)8-18(12)3/h5-6,9,12H,4,7-8,17H2,1-3H3. The Kier molecular flexibility index (Phi) is 3.47. The van der Waals surface area contributed by atoms with Crippen LogP contribution in [0.25, 0.3) is 0 Å². The van der Waals surface area contributed by atoms with Crippen molar-refractivity contribution >= 4 is 15.9 Å². The maximum Gasteiger partial charge on any atom is 0.246 e. The third-order valence-corrected chi connectivity index (χ3v) is 4.79. The summed E-state index contributed by atoms with van der Waals surface area (Å²) in [5.41, 5.74) is 7.07. The van der Waals surface area contributed by atoms with Gasteiger partial charge in [0.1, 0.15) is 0 Å². The minimum Gasteiger partial charge on any atom is -0.449 e. The smallest absolute Gasteiger partial charge is 0.246 e. The molecule has 0 bridgehead atoms. The fourth-order valence-corrected chi connectivity index (χ4v) is 3.74. The van der Waals surface area contributed by atoms with Crippen molar-refractivity contribution in [3.63, 3.8) is 0 Å². The molecule has 1 saturated heterocycles. The summed E-state index contributed by atoms with van der Waals surface area (Å²) in [7, 11) is 2.15. The first-order valence-corrected chi connectivity index (χ1v) is 7.80. The highest BCUT2D eigenvalue weighted by molar-refractivity contribution is 9.10. The lowest BCUT2D eigenvalue weighted by atomic mass is 9.99. The summed E-state index contributed by atoms with van der Waals surface area (Å²) in [6, 6.07) is 4.51. The Labute approximate surface area is 128 Å². The lowest BCUT2D eigenvalue weighted by molar-refractivity contribution is -0.0431. The fourth-order valence-electron chi connectivity index (χ4n) is 3.16. The summed E-state index contributed by atoms with van der Waals surface area (Å²) in [6.07, 6.45) is 1.09. The van der Waals surface area contributed by atoms with E-state index in [-0.39, 0.29) is 0 Å². The molecule has 110 valence electrons. The van der Waals surface area contributed by atoms with Gasteiger partial charge in [0.05, 0.1) is 0 Å². The maximum atomic E-state index is 5.85. The van der Waals surface area contributed by atoms with Crippen molar-refractivity contribution in [2.24, 2.45) is 11.7 Å². The molecule has 20 heavy (non-hydrogen) atoms. The van der Waals surface area contributed by atoms with E-state index in [1.54, 1.807) is 0 Å². The van der Waals surface area contributed by atoms with Crippen LogP contribution >= 0.6 is 15.9 Å². The van der Waals surface area contributed by atoms with Gasteiger partial charge in [-0.2, -0.15) is 0 Å². The minimum atomic E-state index is -0.582. The van der Waals surface area contributed by atoms with Gasteiger partial charge in [-0.3, -0.25) is 4.90 Å². The zero-order chi connectivity index (χ0) is 14.5. The molecule has 2 atom stereocenters. The molecule has 5 heteroatoms. The van der Waals surface area contributed by atoms with Gasteiger partial charge in [-0.05, 0) is 43.6 Å². The van der Waals surface area contributed by atoms with Crippen molar-refractivity contribution < 1.29 is 9.47 Å². The molecule has 1 aromatic rings. The highest BCUT2D eigenvalue weighted by Gasteiger charge is 2.36. The molecule has 0 spiro atoms. The molecule has 2 heterocycles. The van der Waals surface area contributed by atoms with Crippen LogP contribution in [0.2, 0.25) is 0 Å². The first-order chi connectivity index (χ1) is 9.39. The Morgan fingerprint density at radius 2 is 2.00 bits per heavy atom. The zero-order valence-corrected chi connectivity index (χ0v) is 13.7. The van der Waals surface area contributed by atoms with Crippen molar-refractivity contribution in [1.29, 1.82) is 0 Å². The number of nitrogens with two attached hydrogens (primary N) is 1. The average Bonchev–Trinajstić information content (AvgIpc) is 2.86. The minimum absolute atomic E-state index is 0.385. The van der Waals surface area contributed by atoms with Crippen LogP contribution < -0.4 is 15.2 Å². The van der Waals surface area contributed by atoms with Crippen LogP contribution in [-0.2, 0) is 0 Å². The van der Waals surface area contributed by atoms with Gasteiger partial charge < -0.3 is 15.2 Å². The maximum absolute atomic E-state index is 5.85. The third-order valence-electron chi connectivity index (χ3n) is 4.10. The summed E-state index contributed by atoms with van der Waals surface area (Å²) >= 11 is 3.67. The first-order valence-electron chi connectivity index (χ1n) is 7.01. The molecule has 0 aliphatic carbocycles. The molecular weight excluding hydrogens is 320 g/mol. The van der Waals surface area contributed by atoms with Crippen LogP contribution in [0.4, 0.5) is 0 Å². The average molecular weight is 341 g/mol. The molecule has 1 fully saturated rings. The van der Waals surface area contributed by atoms with Gasteiger partial charge in [-0.25, -0.2) is 0 Å². The SMILES string of the molecule is CN1CC(CN)CC1c1cc2c(cc1Br)OC(C)(C)O2. The van der Waals surface area contributed by atoms with Crippen molar-refractivity contribution in [1.82, 2.24) is 4.90 Å². The fraction of sp³-hybridized carbons (Fsp3) is 0.600. The molecule has 0 saturated carbocycles. The number of rotatable bonds is 2. The first kappa shape index (κ1) is 14.2. The van der Waals surface area contributed by atoms with Gasteiger partial charge in [0, 0.05) is 30.9 Å². The Morgan fingerprint density at radius 3 is 2.60 bits per heavy atom. The lowest BCUT2D eigenvalue weighted by Gasteiger charge is -2.21. The number of likely N-dealkylation sites (tertiary alicyclic amines) is 1. The van der Waals surface area contributed by atoms with Crippen molar-refractivity contribution in [2.45, 2.75) is 32.1 Å². The van der Waals surface area contributed by atoms with Crippen molar-refractivity contribution in [2.75, 3.05) is 20.1 Å². The molecule has 1 aromatic carbocycles. The van der Waals surface area contributed by atoms with E-state index >= 15 is 0 Å². The Morgan fingerprint density at radius 1 is 1.35 bits per heavy atom. The lowest BCUT2D eigenvalue weighted by Crippen LogP contribution is -2.29. The van der Waals surface area contributed by atoms with Gasteiger partial charge in [0.2, 0.25) is 5.79 Å². The van der Waals surface area contributed by atoms with Crippen LogP contribution in [0, 0.1) is 5.92 Å². The van der Waals surface area contributed by atoms with Crippen LogP contribution in [0.15, 0.2) is 16.6 Å². The number of fused-ring (bicyclic) bond motifs is 1. The largest absolute Gasteiger partial charge is 0.449 e. The number of halogens is 1. The van der Waals surface area contributed by atoms with E-state index < -0.39 is 5.79 Å². The summed E-state index contributed by atoms with van der Waals surface area (Å²) in [5, 5.41) is 0. The Hall–Kier alpha value is -0.780. The number of hydrogen-bond donors (Lipinski definition) is 1. The monoisotopic (exact) mass is 340 g/mol. The molecule has 0 aromatic heterocycles. The molecule has 2 aliphatic heterocycles. The number of hydrogen-bond acceptors (Lipinski definition) is 4. The van der Waals surface area contributed by atoms with Gasteiger partial charge in [-0.1, -0.05) is 15.9 Å². The van der Waals surface area contributed by atoms with Gasteiger partial charge in [0.25, 0.3) is 0 Å². The molecular formula is C15H21BrN2O2. The highest BCUT2D eigenvalue weighted by Crippen LogP contribution is 2.46. The Balaban J connectivity index is 1.93. The predicted octanol–water partition coefficient (Wildman–Crippen LogP) is 2.91. The van der Waals surface area contributed by atoms with Crippen LogP contribution in [0.3, 0.4) is 0 Å². The Bertz CT molecular complexity index is 533. The molecule has 0 amide bonds. The summed E-state index contributed by atoms with van der Waals surface area (Å²) in [5.74, 6) is 1.63. The quantitative estimate of drug-likeness (QED) is 0.899. The summed E-state index contributed by atoms with van der Waals surface area (Å²) in [4.78, 5) is 2.37. The van der Waals surface area contributed by atoms with E-state index in [0.717, 1.165) is 35.5 Å². The molecule has 3 rings (SSSR count). The normalized spacial score (nSPS) is 28.1. The second-order valence-electron chi connectivity index (χ2n) is 6.22. The van der Waals surface area contributed by atoms with E-state index in [2.05, 4.69) is 33.9 Å². The van der Waals surface area contributed by atoms with Crippen LogP contribution in [0.5, 0.6) is 11.5 Å². The molecule has 4 nitrogen and oxygen atoms in total. The number of nitrogens with zero attached hydrogens (tertiary/aromatic N) is 1. The van der Waals surface area contributed by atoms with E-state index in [4.69, 9.17) is 15.2 Å². The van der Waals surface area contributed by atoms with Crippen LogP contribution in [0.1, 0.15) is 31.9 Å².